The molecule has 0 unspecified atom stereocenters. The number of aromatic nitrogens is 2. The molecule has 4 heteroatoms. The molecular weight excluding hydrogens is 146 g/mol. The molecule has 0 atom stereocenters. The maximum Gasteiger partial charge on any atom is 0.132 e. The van der Waals surface area contributed by atoms with E-state index in [1.165, 1.54) is 42.5 Å². The van der Waals surface area contributed by atoms with Gasteiger partial charge in [-0.25, -0.2) is 0 Å². The summed E-state index contributed by atoms with van der Waals surface area (Å²) in [5, 5.41) is 5.01. The van der Waals surface area contributed by atoms with Crippen LogP contribution in [-0.4, -0.2) is 22.7 Å². The molecule has 10 heavy (non-hydrogen) atoms. The third-order valence-electron chi connectivity index (χ3n) is 1.77. The summed E-state index contributed by atoms with van der Waals surface area (Å²) in [6, 6.07) is 0. The number of rotatable bonds is 1. The lowest BCUT2D eigenvalue weighted by molar-refractivity contribution is 0.949. The van der Waals surface area contributed by atoms with Crippen LogP contribution in [0.3, 0.4) is 0 Å². The zero-order valence-electron chi connectivity index (χ0n) is 5.66. The summed E-state index contributed by atoms with van der Waals surface area (Å²) in [7, 11) is 0. The number of hydrogen-bond acceptors (Lipinski definition) is 4. The van der Waals surface area contributed by atoms with Crippen molar-refractivity contribution < 1.29 is 0 Å². The average molecular weight is 155 g/mol. The molecular formula is C6H9N3S. The van der Waals surface area contributed by atoms with Crippen LogP contribution in [0.4, 0.5) is 5.00 Å². The molecule has 3 nitrogen and oxygen atoms in total. The largest absolute Gasteiger partial charge is 0.361 e. The van der Waals surface area contributed by atoms with Crippen LogP contribution in [0.2, 0.25) is 0 Å². The maximum atomic E-state index is 3.82. The topological polar surface area (TPSA) is 29.0 Å². The highest BCUT2D eigenvalue weighted by Crippen LogP contribution is 2.21. The minimum atomic E-state index is 1.18. The Morgan fingerprint density at radius 1 is 1.40 bits per heavy atom. The second-order valence-electron chi connectivity index (χ2n) is 2.45. The minimum Gasteiger partial charge on any atom is -0.361 e. The van der Waals surface area contributed by atoms with Crippen LogP contribution in [0.25, 0.3) is 0 Å². The maximum absolute atomic E-state index is 3.82. The van der Waals surface area contributed by atoms with E-state index in [-0.39, 0.29) is 0 Å². The molecule has 1 aliphatic rings. The van der Waals surface area contributed by atoms with E-state index in [9.17, 15) is 0 Å². The number of anilines is 1. The minimum absolute atomic E-state index is 1.18. The zero-order chi connectivity index (χ0) is 6.81. The van der Waals surface area contributed by atoms with E-state index >= 15 is 0 Å². The Labute approximate surface area is 63.8 Å². The van der Waals surface area contributed by atoms with Crippen LogP contribution in [0.15, 0.2) is 6.20 Å². The first-order valence-electron chi connectivity index (χ1n) is 3.49. The highest BCUT2D eigenvalue weighted by Gasteiger charge is 2.13. The zero-order valence-corrected chi connectivity index (χ0v) is 6.47. The summed E-state index contributed by atoms with van der Waals surface area (Å²) in [6.45, 7) is 2.37. The van der Waals surface area contributed by atoms with Gasteiger partial charge in [0.2, 0.25) is 0 Å². The molecule has 2 rings (SSSR count). The first kappa shape index (κ1) is 6.09. The van der Waals surface area contributed by atoms with Gasteiger partial charge in [0.15, 0.2) is 0 Å². The fourth-order valence-electron chi connectivity index (χ4n) is 1.24. The Bertz CT molecular complexity index is 191. The van der Waals surface area contributed by atoms with Crippen LogP contribution in [0.1, 0.15) is 12.8 Å². The van der Waals surface area contributed by atoms with E-state index < -0.39 is 0 Å². The molecule has 2 heterocycles. The van der Waals surface area contributed by atoms with E-state index in [1.54, 1.807) is 0 Å². The highest BCUT2D eigenvalue weighted by atomic mass is 32.1. The molecule has 0 N–H and O–H groups in total. The van der Waals surface area contributed by atoms with Crippen LogP contribution in [0, 0.1) is 0 Å². The molecule has 1 aliphatic heterocycles. The van der Waals surface area contributed by atoms with Crippen LogP contribution >= 0.6 is 11.5 Å². The normalized spacial score (nSPS) is 18.2. The molecule has 1 saturated heterocycles. The van der Waals surface area contributed by atoms with E-state index in [4.69, 9.17) is 0 Å². The lowest BCUT2D eigenvalue weighted by atomic mass is 10.4. The lowest BCUT2D eigenvalue weighted by Crippen LogP contribution is -2.15. The van der Waals surface area contributed by atoms with Crippen LogP contribution in [0.5, 0.6) is 0 Å². The van der Waals surface area contributed by atoms with Crippen molar-refractivity contribution in [2.75, 3.05) is 18.0 Å². The molecule has 1 aromatic rings. The quantitative estimate of drug-likeness (QED) is 0.609. The summed E-state index contributed by atoms with van der Waals surface area (Å²) in [5.74, 6) is 0. The third kappa shape index (κ3) is 0.988. The summed E-state index contributed by atoms with van der Waals surface area (Å²) in [5.41, 5.74) is 0. The van der Waals surface area contributed by atoms with Crippen LogP contribution < -0.4 is 4.90 Å². The van der Waals surface area contributed by atoms with Crippen LogP contribution in [-0.2, 0) is 0 Å². The van der Waals surface area contributed by atoms with Gasteiger partial charge in [-0.05, 0) is 12.8 Å². The van der Waals surface area contributed by atoms with Crippen molar-refractivity contribution in [3.63, 3.8) is 0 Å². The lowest BCUT2D eigenvalue weighted by Gasteiger charge is -2.11. The molecule has 1 fully saturated rings. The molecule has 0 aromatic carbocycles. The van der Waals surface area contributed by atoms with Gasteiger partial charge < -0.3 is 4.90 Å². The van der Waals surface area contributed by atoms with Gasteiger partial charge >= 0.3 is 0 Å². The fourth-order valence-corrected chi connectivity index (χ4v) is 1.81. The molecule has 0 aliphatic carbocycles. The average Bonchev–Trinajstić information content (AvgIpc) is 2.59. The summed E-state index contributed by atoms with van der Waals surface area (Å²) < 4.78 is 3.82. The molecule has 0 spiro atoms. The fraction of sp³-hybridized carbons (Fsp3) is 0.667. The standard InChI is InChI=1S/C6H9N3S/c1-2-4-9(3-1)6-5-7-8-10-6/h5H,1-4H2. The van der Waals surface area contributed by atoms with E-state index in [0.29, 0.717) is 0 Å². The predicted molar refractivity (Wildman–Crippen MR) is 41.4 cm³/mol. The summed E-state index contributed by atoms with van der Waals surface area (Å²) in [6.07, 6.45) is 4.48. The number of hydrogen-bond donors (Lipinski definition) is 0. The smallest absolute Gasteiger partial charge is 0.132 e. The SMILES string of the molecule is c1nnsc1N1CCCC1. The van der Waals surface area contributed by atoms with Crippen molar-refractivity contribution in [1.29, 1.82) is 0 Å². The van der Waals surface area contributed by atoms with Gasteiger partial charge in [-0.15, -0.1) is 5.10 Å². The summed E-state index contributed by atoms with van der Waals surface area (Å²) >= 11 is 1.48. The molecule has 0 radical (unpaired) electrons. The molecule has 0 bridgehead atoms. The molecule has 1 aromatic heterocycles. The monoisotopic (exact) mass is 155 g/mol. The van der Waals surface area contributed by atoms with Gasteiger partial charge in [-0.1, -0.05) is 4.49 Å². The third-order valence-corrected chi connectivity index (χ3v) is 2.49. The van der Waals surface area contributed by atoms with E-state index in [1.807, 2.05) is 6.20 Å². The van der Waals surface area contributed by atoms with Gasteiger partial charge in [0.05, 0.1) is 6.20 Å². The number of nitrogens with zero attached hydrogens (tertiary/aromatic N) is 3. The van der Waals surface area contributed by atoms with Gasteiger partial charge in [0, 0.05) is 24.6 Å². The van der Waals surface area contributed by atoms with E-state index in [2.05, 4.69) is 14.5 Å². The Morgan fingerprint density at radius 3 is 2.80 bits per heavy atom. The first-order chi connectivity index (χ1) is 4.97. The second kappa shape index (κ2) is 2.54. The van der Waals surface area contributed by atoms with Crippen molar-refractivity contribution in [1.82, 2.24) is 9.59 Å². The Kier molecular flexibility index (Phi) is 1.55. The van der Waals surface area contributed by atoms with Gasteiger partial charge in [0.25, 0.3) is 0 Å². The molecule has 54 valence electrons. The van der Waals surface area contributed by atoms with Crippen molar-refractivity contribution >= 4 is 16.5 Å². The molecule has 0 amide bonds. The Morgan fingerprint density at radius 2 is 2.20 bits per heavy atom. The van der Waals surface area contributed by atoms with Gasteiger partial charge in [0.1, 0.15) is 5.00 Å². The Balaban J connectivity index is 2.12. The van der Waals surface area contributed by atoms with Gasteiger partial charge in [-0.3, -0.25) is 0 Å². The van der Waals surface area contributed by atoms with Crippen molar-refractivity contribution in [3.8, 4) is 0 Å². The second-order valence-corrected chi connectivity index (χ2v) is 3.21. The van der Waals surface area contributed by atoms with Gasteiger partial charge in [-0.2, -0.15) is 0 Å². The highest BCUT2D eigenvalue weighted by molar-refractivity contribution is 7.09. The first-order valence-corrected chi connectivity index (χ1v) is 4.26. The van der Waals surface area contributed by atoms with Crippen molar-refractivity contribution in [3.05, 3.63) is 6.20 Å². The Hall–Kier alpha value is -0.640. The van der Waals surface area contributed by atoms with E-state index in [0.717, 1.165) is 0 Å². The molecule has 0 saturated carbocycles. The van der Waals surface area contributed by atoms with Crippen molar-refractivity contribution in [2.24, 2.45) is 0 Å². The predicted octanol–water partition coefficient (Wildman–Crippen LogP) is 1.14. The van der Waals surface area contributed by atoms with Crippen molar-refractivity contribution in [2.45, 2.75) is 12.8 Å². The summed E-state index contributed by atoms with van der Waals surface area (Å²) in [4.78, 5) is 2.34.